The summed E-state index contributed by atoms with van der Waals surface area (Å²) in [5.41, 5.74) is 2.48. The van der Waals surface area contributed by atoms with Crippen LogP contribution in [-0.4, -0.2) is 28.8 Å². The zero-order valence-corrected chi connectivity index (χ0v) is 15.0. The number of rotatable bonds is 4. The Morgan fingerprint density at radius 2 is 1.91 bits per heavy atom. The maximum Gasteiger partial charge on any atom is 0.0648 e. The van der Waals surface area contributed by atoms with Gasteiger partial charge in [0.05, 0.1) is 17.5 Å². The summed E-state index contributed by atoms with van der Waals surface area (Å²) < 4.78 is 0. The van der Waals surface area contributed by atoms with Crippen LogP contribution < -0.4 is 4.90 Å². The first kappa shape index (κ1) is 16.8. The molecule has 0 atom stereocenters. The van der Waals surface area contributed by atoms with E-state index in [2.05, 4.69) is 42.8 Å². The quantitative estimate of drug-likeness (QED) is 0.888. The molecule has 1 aromatic heterocycles. The molecule has 1 saturated heterocycles. The number of hydrogen-bond donors (Lipinski definition) is 1. The van der Waals surface area contributed by atoms with E-state index in [9.17, 15) is 5.11 Å². The fourth-order valence-electron chi connectivity index (χ4n) is 4.45. The Bertz CT molecular complexity index is 515. The number of anilines is 1. The summed E-state index contributed by atoms with van der Waals surface area (Å²) in [6, 6.07) is 4.41. The molecule has 0 bridgehead atoms. The molecule has 0 amide bonds. The molecule has 128 valence electrons. The standard InChI is InChI=1S/C20H32N2O/c1-4-7-20(23)10-8-19(9-11-20)12-13-22(15-19)17-5-6-18(16(2)3)21-14-17/h5-6,14,16,23H,4,7-13,15H2,1-3H3. The maximum atomic E-state index is 10.7. The Labute approximate surface area is 141 Å². The van der Waals surface area contributed by atoms with Crippen LogP contribution in [0, 0.1) is 5.41 Å². The highest BCUT2D eigenvalue weighted by Gasteiger charge is 2.45. The summed E-state index contributed by atoms with van der Waals surface area (Å²) in [6.07, 6.45) is 9.69. The van der Waals surface area contributed by atoms with E-state index in [0.29, 0.717) is 11.3 Å². The molecule has 3 rings (SSSR count). The molecule has 3 nitrogen and oxygen atoms in total. The Kier molecular flexibility index (Phi) is 4.68. The van der Waals surface area contributed by atoms with Crippen LogP contribution in [0.25, 0.3) is 0 Å². The van der Waals surface area contributed by atoms with Crippen LogP contribution >= 0.6 is 0 Å². The zero-order valence-electron chi connectivity index (χ0n) is 15.0. The molecule has 1 saturated carbocycles. The van der Waals surface area contributed by atoms with Crippen LogP contribution in [0.1, 0.15) is 77.3 Å². The monoisotopic (exact) mass is 316 g/mol. The molecule has 0 radical (unpaired) electrons. The third-order valence-corrected chi connectivity index (χ3v) is 6.12. The van der Waals surface area contributed by atoms with Gasteiger partial charge in [0, 0.05) is 18.8 Å². The van der Waals surface area contributed by atoms with Crippen LogP contribution in [-0.2, 0) is 0 Å². The summed E-state index contributed by atoms with van der Waals surface area (Å²) in [6.45, 7) is 8.82. The van der Waals surface area contributed by atoms with Gasteiger partial charge in [0.1, 0.15) is 0 Å². The third-order valence-electron chi connectivity index (χ3n) is 6.12. The Hall–Kier alpha value is -1.09. The van der Waals surface area contributed by atoms with E-state index < -0.39 is 0 Å². The largest absolute Gasteiger partial charge is 0.390 e. The Morgan fingerprint density at radius 3 is 2.48 bits per heavy atom. The summed E-state index contributed by atoms with van der Waals surface area (Å²) in [7, 11) is 0. The third kappa shape index (κ3) is 3.55. The van der Waals surface area contributed by atoms with Crippen molar-refractivity contribution >= 4 is 5.69 Å². The molecule has 1 spiro atoms. The number of aromatic nitrogens is 1. The van der Waals surface area contributed by atoms with Crippen molar-refractivity contribution in [2.45, 2.75) is 77.2 Å². The topological polar surface area (TPSA) is 36.4 Å². The predicted octanol–water partition coefficient (Wildman–Crippen LogP) is 4.51. The van der Waals surface area contributed by atoms with Crippen LogP contribution in [0.5, 0.6) is 0 Å². The van der Waals surface area contributed by atoms with E-state index in [1.54, 1.807) is 0 Å². The molecule has 1 aliphatic carbocycles. The highest BCUT2D eigenvalue weighted by molar-refractivity contribution is 5.46. The van der Waals surface area contributed by atoms with Crippen molar-refractivity contribution in [2.24, 2.45) is 5.41 Å². The molecule has 0 unspecified atom stereocenters. The van der Waals surface area contributed by atoms with Crippen LogP contribution in [0.15, 0.2) is 18.3 Å². The SMILES string of the molecule is CCCC1(O)CCC2(CCN(c3ccc(C(C)C)nc3)C2)CC1. The van der Waals surface area contributed by atoms with Gasteiger partial charge in [-0.1, -0.05) is 27.2 Å². The molecular formula is C20H32N2O. The van der Waals surface area contributed by atoms with E-state index in [0.717, 1.165) is 38.8 Å². The first-order chi connectivity index (χ1) is 11.0. The average Bonchev–Trinajstić information content (AvgIpc) is 2.96. The van der Waals surface area contributed by atoms with Crippen molar-refractivity contribution in [2.75, 3.05) is 18.0 Å². The minimum Gasteiger partial charge on any atom is -0.390 e. The Morgan fingerprint density at radius 1 is 1.17 bits per heavy atom. The first-order valence-electron chi connectivity index (χ1n) is 9.39. The van der Waals surface area contributed by atoms with Crippen molar-refractivity contribution in [1.82, 2.24) is 4.98 Å². The minimum absolute atomic E-state index is 0.381. The van der Waals surface area contributed by atoms with Crippen LogP contribution in [0.4, 0.5) is 5.69 Å². The summed E-state index contributed by atoms with van der Waals surface area (Å²) >= 11 is 0. The second kappa shape index (κ2) is 6.43. The molecule has 2 fully saturated rings. The van der Waals surface area contributed by atoms with Gasteiger partial charge in [-0.25, -0.2) is 0 Å². The van der Waals surface area contributed by atoms with Crippen LogP contribution in [0.3, 0.4) is 0 Å². The van der Waals surface area contributed by atoms with Gasteiger partial charge in [0.2, 0.25) is 0 Å². The van der Waals surface area contributed by atoms with Gasteiger partial charge in [0.15, 0.2) is 0 Å². The molecule has 23 heavy (non-hydrogen) atoms. The van der Waals surface area contributed by atoms with Crippen molar-refractivity contribution in [3.8, 4) is 0 Å². The number of nitrogens with zero attached hydrogens (tertiary/aromatic N) is 2. The minimum atomic E-state index is -0.381. The van der Waals surface area contributed by atoms with Gasteiger partial charge in [-0.3, -0.25) is 4.98 Å². The molecule has 2 aliphatic rings. The second-order valence-electron chi connectivity index (χ2n) is 8.24. The molecule has 3 heteroatoms. The molecule has 1 aromatic rings. The molecule has 1 N–H and O–H groups in total. The molecular weight excluding hydrogens is 284 g/mol. The highest BCUT2D eigenvalue weighted by Crippen LogP contribution is 2.48. The van der Waals surface area contributed by atoms with Gasteiger partial charge >= 0.3 is 0 Å². The lowest BCUT2D eigenvalue weighted by Gasteiger charge is -2.42. The average molecular weight is 316 g/mol. The van der Waals surface area contributed by atoms with Crippen molar-refractivity contribution < 1.29 is 5.11 Å². The van der Waals surface area contributed by atoms with Crippen molar-refractivity contribution in [1.29, 1.82) is 0 Å². The first-order valence-corrected chi connectivity index (χ1v) is 9.39. The lowest BCUT2D eigenvalue weighted by atomic mass is 9.67. The smallest absolute Gasteiger partial charge is 0.0648 e. The van der Waals surface area contributed by atoms with Gasteiger partial charge in [-0.2, -0.15) is 0 Å². The maximum absolute atomic E-state index is 10.7. The van der Waals surface area contributed by atoms with Gasteiger partial charge in [-0.05, 0) is 62.0 Å². The lowest BCUT2D eigenvalue weighted by molar-refractivity contribution is -0.0357. The second-order valence-corrected chi connectivity index (χ2v) is 8.24. The van der Waals surface area contributed by atoms with E-state index in [4.69, 9.17) is 0 Å². The van der Waals surface area contributed by atoms with Gasteiger partial charge in [0.25, 0.3) is 0 Å². The van der Waals surface area contributed by atoms with Gasteiger partial charge < -0.3 is 10.0 Å². The van der Waals surface area contributed by atoms with Crippen molar-refractivity contribution in [3.63, 3.8) is 0 Å². The highest BCUT2D eigenvalue weighted by atomic mass is 16.3. The van der Waals surface area contributed by atoms with Crippen molar-refractivity contribution in [3.05, 3.63) is 24.0 Å². The van der Waals surface area contributed by atoms with Crippen LogP contribution in [0.2, 0.25) is 0 Å². The van der Waals surface area contributed by atoms with E-state index in [1.165, 1.54) is 30.6 Å². The molecule has 0 aromatic carbocycles. The lowest BCUT2D eigenvalue weighted by Crippen LogP contribution is -2.40. The fraction of sp³-hybridized carbons (Fsp3) is 0.750. The number of pyridine rings is 1. The number of aliphatic hydroxyl groups is 1. The normalized spacial score (nSPS) is 31.3. The molecule has 2 heterocycles. The Balaban J connectivity index is 1.62. The summed E-state index contributed by atoms with van der Waals surface area (Å²) in [5, 5.41) is 10.7. The molecule has 1 aliphatic heterocycles. The predicted molar refractivity (Wildman–Crippen MR) is 95.9 cm³/mol. The fourth-order valence-corrected chi connectivity index (χ4v) is 4.45. The summed E-state index contributed by atoms with van der Waals surface area (Å²) in [4.78, 5) is 7.12. The summed E-state index contributed by atoms with van der Waals surface area (Å²) in [5.74, 6) is 0.489. The zero-order chi connectivity index (χ0) is 16.5. The van der Waals surface area contributed by atoms with E-state index in [1.807, 2.05) is 6.20 Å². The van der Waals surface area contributed by atoms with E-state index >= 15 is 0 Å². The van der Waals surface area contributed by atoms with Gasteiger partial charge in [-0.15, -0.1) is 0 Å². The van der Waals surface area contributed by atoms with E-state index in [-0.39, 0.29) is 5.60 Å². The number of hydrogen-bond acceptors (Lipinski definition) is 3.